The molecule has 0 aliphatic rings. The zero-order valence-corrected chi connectivity index (χ0v) is 16.8. The first-order valence-electron chi connectivity index (χ1n) is 7.19. The first-order chi connectivity index (χ1) is 11.8. The van der Waals surface area contributed by atoms with Crippen LogP contribution in [0.2, 0.25) is 10.0 Å². The van der Waals surface area contributed by atoms with E-state index in [1.54, 1.807) is 43.3 Å². The van der Waals surface area contributed by atoms with Gasteiger partial charge < -0.3 is 5.32 Å². The number of carbonyl (C=O) groups excluding carboxylic acids is 2. The van der Waals surface area contributed by atoms with Gasteiger partial charge in [-0.25, -0.2) is 5.43 Å². The summed E-state index contributed by atoms with van der Waals surface area (Å²) in [5, 5.41) is 7.41. The van der Waals surface area contributed by atoms with E-state index in [0.29, 0.717) is 27.0 Å². The molecule has 0 radical (unpaired) electrons. The van der Waals surface area contributed by atoms with Crippen molar-refractivity contribution in [2.24, 2.45) is 5.10 Å². The number of rotatable bonds is 5. The summed E-state index contributed by atoms with van der Waals surface area (Å²) in [6.45, 7) is 1.66. The predicted molar refractivity (Wildman–Crippen MR) is 109 cm³/mol. The van der Waals surface area contributed by atoms with Gasteiger partial charge in [0.05, 0.1) is 16.5 Å². The lowest BCUT2D eigenvalue weighted by molar-refractivity contribution is -0.115. The average molecular weight is 490 g/mol. The summed E-state index contributed by atoms with van der Waals surface area (Å²) in [7, 11) is 0. The number of nitrogens with zero attached hydrogens (tertiary/aromatic N) is 1. The minimum absolute atomic E-state index is 0.0346. The van der Waals surface area contributed by atoms with Crippen molar-refractivity contribution in [2.75, 3.05) is 5.32 Å². The average Bonchev–Trinajstić information content (AvgIpc) is 2.56. The van der Waals surface area contributed by atoms with E-state index >= 15 is 0 Å². The quantitative estimate of drug-likeness (QED) is 0.362. The van der Waals surface area contributed by atoms with Crippen molar-refractivity contribution in [3.05, 3.63) is 61.6 Å². The molecule has 0 unspecified atom stereocenters. The number of hydrogen-bond donors (Lipinski definition) is 2. The Morgan fingerprint density at radius 2 is 1.88 bits per heavy atom. The topological polar surface area (TPSA) is 70.6 Å². The van der Waals surface area contributed by atoms with Crippen LogP contribution in [-0.2, 0) is 4.79 Å². The largest absolute Gasteiger partial charge is 0.326 e. The van der Waals surface area contributed by atoms with Crippen molar-refractivity contribution in [1.82, 2.24) is 5.43 Å². The van der Waals surface area contributed by atoms with Gasteiger partial charge in [0.15, 0.2) is 0 Å². The molecule has 2 rings (SSSR count). The minimum Gasteiger partial charge on any atom is -0.326 e. The van der Waals surface area contributed by atoms with Gasteiger partial charge >= 0.3 is 0 Å². The van der Waals surface area contributed by atoms with Crippen LogP contribution in [0.15, 0.2) is 47.6 Å². The van der Waals surface area contributed by atoms with E-state index < -0.39 is 0 Å². The molecule has 2 aromatic carbocycles. The second-order valence-electron chi connectivity index (χ2n) is 5.15. The highest BCUT2D eigenvalue weighted by Gasteiger charge is 2.08. The SMILES string of the molecule is C/C(CC(=O)Nc1ccc(Cl)c(Cl)c1)=N\NC(=O)c1cccc(I)c1. The first-order valence-corrected chi connectivity index (χ1v) is 9.02. The summed E-state index contributed by atoms with van der Waals surface area (Å²) in [6.07, 6.45) is 0.0346. The van der Waals surface area contributed by atoms with Crippen LogP contribution < -0.4 is 10.7 Å². The van der Waals surface area contributed by atoms with Gasteiger partial charge in [0, 0.05) is 20.5 Å². The minimum atomic E-state index is -0.331. The smallest absolute Gasteiger partial charge is 0.271 e. The Morgan fingerprint density at radius 3 is 2.56 bits per heavy atom. The fraction of sp³-hybridized carbons (Fsp3) is 0.118. The maximum absolute atomic E-state index is 12.0. The van der Waals surface area contributed by atoms with Crippen molar-refractivity contribution in [1.29, 1.82) is 0 Å². The van der Waals surface area contributed by atoms with Crippen LogP contribution in [0.4, 0.5) is 5.69 Å². The standard InChI is InChI=1S/C17H14Cl2IN3O2/c1-10(22-23-17(25)11-3-2-4-12(20)8-11)7-16(24)21-13-5-6-14(18)15(19)9-13/h2-6,8-9H,7H2,1H3,(H,21,24)(H,23,25)/b22-10+. The third kappa shape index (κ3) is 6.30. The van der Waals surface area contributed by atoms with Crippen LogP contribution in [0.3, 0.4) is 0 Å². The normalized spacial score (nSPS) is 11.1. The van der Waals surface area contributed by atoms with E-state index in [1.807, 2.05) is 6.07 Å². The molecule has 0 aliphatic carbocycles. The third-order valence-corrected chi connectivity index (χ3v) is 4.46. The molecule has 0 saturated heterocycles. The Hall–Kier alpha value is -1.64. The molecule has 0 aliphatic heterocycles. The first kappa shape index (κ1) is 19.7. The van der Waals surface area contributed by atoms with E-state index in [2.05, 4.69) is 38.4 Å². The zero-order valence-electron chi connectivity index (χ0n) is 13.1. The Morgan fingerprint density at radius 1 is 1.12 bits per heavy atom. The van der Waals surface area contributed by atoms with Crippen LogP contribution in [0.25, 0.3) is 0 Å². The molecule has 0 aromatic heterocycles. The fourth-order valence-corrected chi connectivity index (χ4v) is 2.73. The van der Waals surface area contributed by atoms with E-state index in [0.717, 1.165) is 3.57 Å². The summed E-state index contributed by atoms with van der Waals surface area (Å²) in [4.78, 5) is 24.0. The molecule has 0 heterocycles. The highest BCUT2D eigenvalue weighted by Crippen LogP contribution is 2.25. The monoisotopic (exact) mass is 489 g/mol. The highest BCUT2D eigenvalue weighted by molar-refractivity contribution is 14.1. The van der Waals surface area contributed by atoms with Gasteiger partial charge in [-0.3, -0.25) is 9.59 Å². The van der Waals surface area contributed by atoms with Crippen LogP contribution in [0.1, 0.15) is 23.7 Å². The van der Waals surface area contributed by atoms with Gasteiger partial charge in [-0.2, -0.15) is 5.10 Å². The van der Waals surface area contributed by atoms with E-state index in [1.165, 1.54) is 0 Å². The number of nitrogens with one attached hydrogen (secondary N) is 2. The molecule has 0 spiro atoms. The third-order valence-electron chi connectivity index (χ3n) is 3.05. The van der Waals surface area contributed by atoms with Gasteiger partial charge in [0.1, 0.15) is 0 Å². The van der Waals surface area contributed by atoms with Crippen molar-refractivity contribution in [3.8, 4) is 0 Å². The van der Waals surface area contributed by atoms with Crippen LogP contribution in [-0.4, -0.2) is 17.5 Å². The maximum atomic E-state index is 12.0. The Balaban J connectivity index is 1.90. The van der Waals surface area contributed by atoms with Gasteiger partial charge in [-0.1, -0.05) is 29.3 Å². The fourth-order valence-electron chi connectivity index (χ4n) is 1.89. The summed E-state index contributed by atoms with van der Waals surface area (Å²) >= 11 is 13.9. The molecular formula is C17H14Cl2IN3O2. The lowest BCUT2D eigenvalue weighted by Crippen LogP contribution is -2.21. The lowest BCUT2D eigenvalue weighted by Gasteiger charge is -2.07. The molecule has 2 aromatic rings. The van der Waals surface area contributed by atoms with Gasteiger partial charge in [-0.05, 0) is 65.9 Å². The molecule has 130 valence electrons. The van der Waals surface area contributed by atoms with E-state index in [9.17, 15) is 9.59 Å². The lowest BCUT2D eigenvalue weighted by atomic mass is 10.2. The molecule has 2 amide bonds. The summed E-state index contributed by atoms with van der Waals surface area (Å²) in [5.41, 5.74) is 3.95. The van der Waals surface area contributed by atoms with E-state index in [-0.39, 0.29) is 18.2 Å². The van der Waals surface area contributed by atoms with Crippen molar-refractivity contribution in [3.63, 3.8) is 0 Å². The number of carbonyl (C=O) groups is 2. The van der Waals surface area contributed by atoms with E-state index in [4.69, 9.17) is 23.2 Å². The Kier molecular flexibility index (Phi) is 7.22. The van der Waals surface area contributed by atoms with Gasteiger partial charge in [0.25, 0.3) is 5.91 Å². The number of amides is 2. The van der Waals surface area contributed by atoms with Gasteiger partial charge in [-0.15, -0.1) is 0 Å². The summed E-state index contributed by atoms with van der Waals surface area (Å²) < 4.78 is 0.951. The molecule has 8 heteroatoms. The molecule has 2 N–H and O–H groups in total. The second-order valence-corrected chi connectivity index (χ2v) is 7.21. The molecule has 0 atom stereocenters. The zero-order chi connectivity index (χ0) is 18.4. The van der Waals surface area contributed by atoms with Crippen molar-refractivity contribution < 1.29 is 9.59 Å². The van der Waals surface area contributed by atoms with Crippen LogP contribution >= 0.6 is 45.8 Å². The molecule has 0 bridgehead atoms. The summed E-state index contributed by atoms with van der Waals surface area (Å²) in [6, 6.07) is 11.9. The number of hydrazone groups is 1. The maximum Gasteiger partial charge on any atom is 0.271 e. The van der Waals surface area contributed by atoms with Crippen LogP contribution in [0.5, 0.6) is 0 Å². The molecule has 0 fully saturated rings. The summed E-state index contributed by atoms with van der Waals surface area (Å²) in [5.74, 6) is -0.606. The van der Waals surface area contributed by atoms with Crippen molar-refractivity contribution >= 4 is 69.0 Å². The number of halogens is 3. The molecule has 25 heavy (non-hydrogen) atoms. The molecular weight excluding hydrogens is 476 g/mol. The van der Waals surface area contributed by atoms with Gasteiger partial charge in [0.2, 0.25) is 5.91 Å². The predicted octanol–water partition coefficient (Wildman–Crippen LogP) is 4.73. The van der Waals surface area contributed by atoms with Crippen molar-refractivity contribution in [2.45, 2.75) is 13.3 Å². The molecule has 5 nitrogen and oxygen atoms in total. The van der Waals surface area contributed by atoms with Crippen LogP contribution in [0, 0.1) is 3.57 Å². The Bertz CT molecular complexity index is 840. The number of anilines is 1. The molecule has 0 saturated carbocycles. The highest BCUT2D eigenvalue weighted by atomic mass is 127. The number of hydrogen-bond acceptors (Lipinski definition) is 3. The second kappa shape index (κ2) is 9.17. The number of benzene rings is 2. The Labute approximate surface area is 168 Å².